The van der Waals surface area contributed by atoms with Crippen LogP contribution in [0.25, 0.3) is 0 Å². The van der Waals surface area contributed by atoms with Crippen LogP contribution in [0.5, 0.6) is 5.75 Å². The first-order valence-corrected chi connectivity index (χ1v) is 8.19. The highest BCUT2D eigenvalue weighted by Gasteiger charge is 2.24. The van der Waals surface area contributed by atoms with E-state index in [1.54, 1.807) is 0 Å². The van der Waals surface area contributed by atoms with Crippen LogP contribution in [0.4, 0.5) is 0 Å². The van der Waals surface area contributed by atoms with Gasteiger partial charge in [-0.05, 0) is 40.0 Å². The molecule has 19 heavy (non-hydrogen) atoms. The average Bonchev–Trinajstić information content (AvgIpc) is 2.46. The lowest BCUT2D eigenvalue weighted by Crippen LogP contribution is -2.31. The van der Waals surface area contributed by atoms with Crippen LogP contribution in [0, 0.1) is 0 Å². The average molecular weight is 394 g/mol. The lowest BCUT2D eigenvalue weighted by molar-refractivity contribution is -0.0876. The molecule has 1 aromatic carbocycles. The van der Waals surface area contributed by atoms with Crippen LogP contribution < -0.4 is 4.74 Å². The zero-order valence-electron chi connectivity index (χ0n) is 10.9. The first-order valence-electron chi connectivity index (χ1n) is 6.48. The van der Waals surface area contributed by atoms with Crippen LogP contribution in [-0.4, -0.2) is 32.5 Å². The largest absolute Gasteiger partial charge is 0.492 e. The van der Waals surface area contributed by atoms with Gasteiger partial charge >= 0.3 is 0 Å². The Morgan fingerprint density at radius 1 is 1.42 bits per heavy atom. The van der Waals surface area contributed by atoms with E-state index in [2.05, 4.69) is 50.9 Å². The van der Waals surface area contributed by atoms with Gasteiger partial charge in [-0.1, -0.05) is 28.9 Å². The fraction of sp³-hybridized carbons (Fsp3) is 0.571. The van der Waals surface area contributed by atoms with Gasteiger partial charge in [0.1, 0.15) is 5.75 Å². The smallest absolute Gasteiger partial charge is 0.133 e. The van der Waals surface area contributed by atoms with E-state index in [1.165, 1.54) is 0 Å². The van der Waals surface area contributed by atoms with Gasteiger partial charge in [-0.2, -0.15) is 0 Å². The fourth-order valence-corrected chi connectivity index (χ4v) is 3.01. The zero-order chi connectivity index (χ0) is 13.7. The molecule has 0 bridgehead atoms. The van der Waals surface area contributed by atoms with E-state index in [9.17, 15) is 0 Å². The summed E-state index contributed by atoms with van der Waals surface area (Å²) < 4.78 is 17.8. The Morgan fingerprint density at radius 2 is 2.26 bits per heavy atom. The standard InChI is InChI=1S/C14H18Br2O3/c1-2-5-18-12-4-3-10(8-11(12)15)14(16)13-9-17-6-7-19-13/h3-4,8,13-14H,2,5-7,9H2,1H3. The predicted octanol–water partition coefficient (Wildman–Crippen LogP) is 4.09. The second-order valence-corrected chi connectivity index (χ2v) is 6.27. The van der Waals surface area contributed by atoms with Crippen molar-refractivity contribution in [3.8, 4) is 5.75 Å². The molecule has 0 N–H and O–H groups in total. The van der Waals surface area contributed by atoms with E-state index in [0.717, 1.165) is 28.8 Å². The minimum absolute atomic E-state index is 0.0584. The van der Waals surface area contributed by atoms with Crippen molar-refractivity contribution in [1.29, 1.82) is 0 Å². The summed E-state index contributed by atoms with van der Waals surface area (Å²) >= 11 is 7.24. The Hall–Kier alpha value is -0.100. The highest BCUT2D eigenvalue weighted by molar-refractivity contribution is 9.10. The summed E-state index contributed by atoms with van der Waals surface area (Å²) in [5.41, 5.74) is 1.16. The molecule has 1 aliphatic rings. The van der Waals surface area contributed by atoms with Gasteiger partial charge in [0.15, 0.2) is 0 Å². The van der Waals surface area contributed by atoms with Crippen LogP contribution in [-0.2, 0) is 9.47 Å². The number of hydrogen-bond donors (Lipinski definition) is 0. The molecule has 0 saturated carbocycles. The molecule has 5 heteroatoms. The molecule has 0 aromatic heterocycles. The molecule has 0 amide bonds. The van der Waals surface area contributed by atoms with Gasteiger partial charge < -0.3 is 14.2 Å². The van der Waals surface area contributed by atoms with Crippen molar-refractivity contribution in [3.63, 3.8) is 0 Å². The molecule has 106 valence electrons. The molecule has 2 unspecified atom stereocenters. The molecule has 0 aliphatic carbocycles. The molecular weight excluding hydrogens is 376 g/mol. The van der Waals surface area contributed by atoms with Crippen LogP contribution in [0.3, 0.4) is 0 Å². The van der Waals surface area contributed by atoms with Crippen molar-refractivity contribution in [2.45, 2.75) is 24.3 Å². The van der Waals surface area contributed by atoms with Crippen molar-refractivity contribution in [2.24, 2.45) is 0 Å². The molecule has 1 fully saturated rings. The first kappa shape index (κ1) is 15.3. The summed E-state index contributed by atoms with van der Waals surface area (Å²) in [5.74, 6) is 0.881. The summed E-state index contributed by atoms with van der Waals surface area (Å²) in [7, 11) is 0. The van der Waals surface area contributed by atoms with E-state index in [0.29, 0.717) is 19.8 Å². The van der Waals surface area contributed by atoms with E-state index in [-0.39, 0.29) is 10.9 Å². The number of halogens is 2. The van der Waals surface area contributed by atoms with Crippen LogP contribution in [0.2, 0.25) is 0 Å². The highest BCUT2D eigenvalue weighted by atomic mass is 79.9. The van der Waals surface area contributed by atoms with E-state index in [4.69, 9.17) is 14.2 Å². The van der Waals surface area contributed by atoms with E-state index >= 15 is 0 Å². The van der Waals surface area contributed by atoms with Crippen molar-refractivity contribution >= 4 is 31.9 Å². The Balaban J connectivity index is 2.05. The Bertz CT molecular complexity index is 406. The van der Waals surface area contributed by atoms with Crippen molar-refractivity contribution in [2.75, 3.05) is 26.4 Å². The number of rotatable bonds is 5. The third-order valence-corrected chi connectivity index (χ3v) is 4.64. The van der Waals surface area contributed by atoms with Gasteiger partial charge in [0.05, 0.1) is 41.8 Å². The second kappa shape index (κ2) is 7.62. The Labute approximate surface area is 130 Å². The molecule has 2 rings (SSSR count). The summed E-state index contributed by atoms with van der Waals surface area (Å²) in [5, 5.41) is 0. The third-order valence-electron chi connectivity index (χ3n) is 2.90. The topological polar surface area (TPSA) is 27.7 Å². The minimum atomic E-state index is 0.0584. The van der Waals surface area contributed by atoms with Crippen LogP contribution >= 0.6 is 31.9 Å². The van der Waals surface area contributed by atoms with E-state index < -0.39 is 0 Å². The monoisotopic (exact) mass is 392 g/mol. The maximum absolute atomic E-state index is 5.71. The molecule has 1 aliphatic heterocycles. The molecule has 1 saturated heterocycles. The molecule has 0 spiro atoms. The zero-order valence-corrected chi connectivity index (χ0v) is 14.1. The summed E-state index contributed by atoms with van der Waals surface area (Å²) in [4.78, 5) is 0.129. The quantitative estimate of drug-likeness (QED) is 0.705. The van der Waals surface area contributed by atoms with Crippen LogP contribution in [0.1, 0.15) is 23.7 Å². The molecule has 2 atom stereocenters. The SMILES string of the molecule is CCCOc1ccc(C(Br)C2COCCO2)cc1Br. The number of alkyl halides is 1. The van der Waals surface area contributed by atoms with Gasteiger partial charge in [0.2, 0.25) is 0 Å². The lowest BCUT2D eigenvalue weighted by Gasteiger charge is -2.27. The summed E-state index contributed by atoms with van der Waals surface area (Å²) in [6.07, 6.45) is 1.06. The van der Waals surface area contributed by atoms with Gasteiger partial charge in [-0.25, -0.2) is 0 Å². The van der Waals surface area contributed by atoms with Crippen molar-refractivity contribution in [3.05, 3.63) is 28.2 Å². The van der Waals surface area contributed by atoms with Crippen molar-refractivity contribution in [1.82, 2.24) is 0 Å². The van der Waals surface area contributed by atoms with Gasteiger partial charge in [-0.15, -0.1) is 0 Å². The lowest BCUT2D eigenvalue weighted by atomic mass is 10.1. The van der Waals surface area contributed by atoms with E-state index in [1.807, 2.05) is 6.07 Å². The number of hydrogen-bond acceptors (Lipinski definition) is 3. The summed E-state index contributed by atoms with van der Waals surface area (Å²) in [6.45, 7) is 4.80. The number of ether oxygens (including phenoxy) is 3. The first-order chi connectivity index (χ1) is 9.22. The maximum Gasteiger partial charge on any atom is 0.133 e. The Kier molecular flexibility index (Phi) is 6.13. The summed E-state index contributed by atoms with van der Waals surface area (Å²) in [6, 6.07) is 6.13. The second-order valence-electron chi connectivity index (χ2n) is 4.42. The molecule has 1 heterocycles. The van der Waals surface area contributed by atoms with Crippen LogP contribution in [0.15, 0.2) is 22.7 Å². The normalized spacial score (nSPS) is 21.1. The number of benzene rings is 1. The van der Waals surface area contributed by atoms with Crippen molar-refractivity contribution < 1.29 is 14.2 Å². The fourth-order valence-electron chi connectivity index (χ4n) is 1.91. The molecule has 3 nitrogen and oxygen atoms in total. The molecule has 0 radical (unpaired) electrons. The predicted molar refractivity (Wildman–Crippen MR) is 82.2 cm³/mol. The third kappa shape index (κ3) is 4.18. The van der Waals surface area contributed by atoms with Gasteiger partial charge in [-0.3, -0.25) is 0 Å². The molecular formula is C14H18Br2O3. The Morgan fingerprint density at radius 3 is 2.89 bits per heavy atom. The highest BCUT2D eigenvalue weighted by Crippen LogP contribution is 2.35. The van der Waals surface area contributed by atoms with Gasteiger partial charge in [0, 0.05) is 0 Å². The van der Waals surface area contributed by atoms with Gasteiger partial charge in [0.25, 0.3) is 0 Å². The molecule has 1 aromatic rings. The maximum atomic E-state index is 5.71. The minimum Gasteiger partial charge on any atom is -0.492 e.